The van der Waals surface area contributed by atoms with E-state index in [9.17, 15) is 9.90 Å². The van der Waals surface area contributed by atoms with Gasteiger partial charge in [0.05, 0.1) is 12.6 Å². The average molecular weight is 186 g/mol. The SMILES string of the molecule is CC(O)CN1CCCN(C)C(=O)C1. The Bertz CT molecular complexity index is 182. The van der Waals surface area contributed by atoms with E-state index in [4.69, 9.17) is 0 Å². The first-order chi connectivity index (χ1) is 6.09. The molecule has 0 saturated carbocycles. The lowest BCUT2D eigenvalue weighted by atomic mass is 10.3. The molecule has 0 aliphatic carbocycles. The smallest absolute Gasteiger partial charge is 0.236 e. The van der Waals surface area contributed by atoms with E-state index in [1.165, 1.54) is 0 Å². The van der Waals surface area contributed by atoms with Crippen LogP contribution in [0.3, 0.4) is 0 Å². The highest BCUT2D eigenvalue weighted by Crippen LogP contribution is 2.02. The first kappa shape index (κ1) is 10.5. The van der Waals surface area contributed by atoms with E-state index in [2.05, 4.69) is 0 Å². The van der Waals surface area contributed by atoms with Crippen LogP contribution < -0.4 is 0 Å². The van der Waals surface area contributed by atoms with E-state index in [1.807, 2.05) is 11.9 Å². The standard InChI is InChI=1S/C9H18N2O2/c1-8(12)6-11-5-3-4-10(2)9(13)7-11/h8,12H,3-7H2,1-2H3. The number of hydrogen-bond donors (Lipinski definition) is 1. The lowest BCUT2D eigenvalue weighted by molar-refractivity contribution is -0.130. The maximum Gasteiger partial charge on any atom is 0.236 e. The number of aliphatic hydroxyl groups excluding tert-OH is 1. The van der Waals surface area contributed by atoms with Crippen LogP contribution in [0, 0.1) is 0 Å². The van der Waals surface area contributed by atoms with Crippen molar-refractivity contribution in [2.75, 3.05) is 33.2 Å². The molecule has 76 valence electrons. The third-order valence-electron chi connectivity index (χ3n) is 2.27. The molecule has 1 rings (SSSR count). The summed E-state index contributed by atoms with van der Waals surface area (Å²) in [5.74, 6) is 0.151. The number of β-amino-alcohol motifs (C(OH)–C–C–N with tert-alkyl or cyclic N) is 1. The molecule has 4 nitrogen and oxygen atoms in total. The lowest BCUT2D eigenvalue weighted by Gasteiger charge is -2.20. The molecule has 1 amide bonds. The van der Waals surface area contributed by atoms with Crippen LogP contribution in [0.5, 0.6) is 0 Å². The number of hydrogen-bond acceptors (Lipinski definition) is 3. The number of aliphatic hydroxyl groups is 1. The van der Waals surface area contributed by atoms with Gasteiger partial charge in [-0.05, 0) is 13.3 Å². The Hall–Kier alpha value is -0.610. The summed E-state index contributed by atoms with van der Waals surface area (Å²) < 4.78 is 0. The van der Waals surface area contributed by atoms with Crippen LogP contribution in [0.1, 0.15) is 13.3 Å². The third-order valence-corrected chi connectivity index (χ3v) is 2.27. The van der Waals surface area contributed by atoms with Crippen molar-refractivity contribution in [1.82, 2.24) is 9.80 Å². The first-order valence-corrected chi connectivity index (χ1v) is 4.74. The topological polar surface area (TPSA) is 43.8 Å². The number of likely N-dealkylation sites (N-methyl/N-ethyl adjacent to an activating group) is 1. The van der Waals surface area contributed by atoms with Crippen LogP contribution in [0.15, 0.2) is 0 Å². The summed E-state index contributed by atoms with van der Waals surface area (Å²) in [6.45, 7) is 4.52. The molecular formula is C9H18N2O2. The molecule has 1 fully saturated rings. The van der Waals surface area contributed by atoms with Gasteiger partial charge in [-0.15, -0.1) is 0 Å². The highest BCUT2D eigenvalue weighted by Gasteiger charge is 2.19. The minimum Gasteiger partial charge on any atom is -0.392 e. The van der Waals surface area contributed by atoms with Crippen molar-refractivity contribution in [3.63, 3.8) is 0 Å². The second-order valence-corrected chi connectivity index (χ2v) is 3.75. The fourth-order valence-corrected chi connectivity index (χ4v) is 1.58. The van der Waals surface area contributed by atoms with Crippen LogP contribution >= 0.6 is 0 Å². The van der Waals surface area contributed by atoms with E-state index in [1.54, 1.807) is 11.8 Å². The Kier molecular flexibility index (Phi) is 3.69. The van der Waals surface area contributed by atoms with Crippen molar-refractivity contribution in [3.8, 4) is 0 Å². The lowest BCUT2D eigenvalue weighted by Crippen LogP contribution is -2.37. The Morgan fingerprint density at radius 1 is 1.54 bits per heavy atom. The Labute approximate surface area is 79.1 Å². The molecule has 1 aliphatic heterocycles. The quantitative estimate of drug-likeness (QED) is 0.634. The summed E-state index contributed by atoms with van der Waals surface area (Å²) in [4.78, 5) is 15.2. The molecule has 1 heterocycles. The van der Waals surface area contributed by atoms with Crippen molar-refractivity contribution < 1.29 is 9.90 Å². The summed E-state index contributed by atoms with van der Waals surface area (Å²) in [5, 5.41) is 9.18. The molecular weight excluding hydrogens is 168 g/mol. The van der Waals surface area contributed by atoms with Crippen LogP contribution in [0.25, 0.3) is 0 Å². The summed E-state index contributed by atoms with van der Waals surface area (Å²) in [6.07, 6.45) is 0.644. The van der Waals surface area contributed by atoms with E-state index in [0.717, 1.165) is 19.5 Å². The molecule has 1 atom stereocenters. The summed E-state index contributed by atoms with van der Waals surface area (Å²) in [6, 6.07) is 0. The van der Waals surface area contributed by atoms with Crippen molar-refractivity contribution in [1.29, 1.82) is 0 Å². The average Bonchev–Trinajstić information content (AvgIpc) is 2.14. The summed E-state index contributed by atoms with van der Waals surface area (Å²) in [5.41, 5.74) is 0. The largest absolute Gasteiger partial charge is 0.392 e. The van der Waals surface area contributed by atoms with Gasteiger partial charge < -0.3 is 10.0 Å². The van der Waals surface area contributed by atoms with Gasteiger partial charge in [0, 0.05) is 26.7 Å². The van der Waals surface area contributed by atoms with Gasteiger partial charge in [0.1, 0.15) is 0 Å². The molecule has 4 heteroatoms. The molecule has 0 aromatic rings. The zero-order chi connectivity index (χ0) is 9.84. The third kappa shape index (κ3) is 3.32. The highest BCUT2D eigenvalue weighted by molar-refractivity contribution is 5.78. The molecule has 0 radical (unpaired) electrons. The Morgan fingerprint density at radius 2 is 2.23 bits per heavy atom. The summed E-state index contributed by atoms with van der Waals surface area (Å²) in [7, 11) is 1.83. The first-order valence-electron chi connectivity index (χ1n) is 4.74. The van der Waals surface area contributed by atoms with Crippen molar-refractivity contribution >= 4 is 5.91 Å². The maximum atomic E-state index is 11.4. The Morgan fingerprint density at radius 3 is 2.85 bits per heavy atom. The molecule has 0 bridgehead atoms. The fourth-order valence-electron chi connectivity index (χ4n) is 1.58. The van der Waals surface area contributed by atoms with E-state index < -0.39 is 0 Å². The van der Waals surface area contributed by atoms with Crippen LogP contribution in [0.2, 0.25) is 0 Å². The monoisotopic (exact) mass is 186 g/mol. The molecule has 0 spiro atoms. The Balaban J connectivity index is 2.44. The number of rotatable bonds is 2. The van der Waals surface area contributed by atoms with Crippen LogP contribution in [-0.4, -0.2) is 60.1 Å². The predicted molar refractivity (Wildman–Crippen MR) is 50.4 cm³/mol. The van der Waals surface area contributed by atoms with Crippen LogP contribution in [0.4, 0.5) is 0 Å². The zero-order valence-electron chi connectivity index (χ0n) is 8.36. The normalized spacial score (nSPS) is 23.0. The van der Waals surface area contributed by atoms with Crippen molar-refractivity contribution in [2.45, 2.75) is 19.4 Å². The van der Waals surface area contributed by atoms with Gasteiger partial charge in [0.25, 0.3) is 0 Å². The van der Waals surface area contributed by atoms with E-state index in [0.29, 0.717) is 13.1 Å². The molecule has 0 aromatic heterocycles. The molecule has 13 heavy (non-hydrogen) atoms. The zero-order valence-corrected chi connectivity index (χ0v) is 8.36. The molecule has 1 aliphatic rings. The van der Waals surface area contributed by atoms with Gasteiger partial charge in [-0.3, -0.25) is 9.69 Å². The van der Waals surface area contributed by atoms with Crippen molar-refractivity contribution in [2.24, 2.45) is 0 Å². The molecule has 1 N–H and O–H groups in total. The molecule has 0 aromatic carbocycles. The minimum atomic E-state index is -0.351. The van der Waals surface area contributed by atoms with Gasteiger partial charge in [0.2, 0.25) is 5.91 Å². The second kappa shape index (κ2) is 4.58. The van der Waals surface area contributed by atoms with Gasteiger partial charge >= 0.3 is 0 Å². The fraction of sp³-hybridized carbons (Fsp3) is 0.889. The predicted octanol–water partition coefficient (Wildman–Crippen LogP) is -0.469. The number of amides is 1. The summed E-state index contributed by atoms with van der Waals surface area (Å²) >= 11 is 0. The minimum absolute atomic E-state index is 0.151. The highest BCUT2D eigenvalue weighted by atomic mass is 16.3. The molecule has 1 saturated heterocycles. The van der Waals surface area contributed by atoms with Gasteiger partial charge in [-0.2, -0.15) is 0 Å². The number of carbonyl (C=O) groups excluding carboxylic acids is 1. The van der Waals surface area contributed by atoms with Gasteiger partial charge in [-0.1, -0.05) is 0 Å². The number of nitrogens with zero attached hydrogens (tertiary/aromatic N) is 2. The van der Waals surface area contributed by atoms with Crippen LogP contribution in [-0.2, 0) is 4.79 Å². The van der Waals surface area contributed by atoms with E-state index >= 15 is 0 Å². The van der Waals surface area contributed by atoms with Gasteiger partial charge in [-0.25, -0.2) is 0 Å². The van der Waals surface area contributed by atoms with Gasteiger partial charge in [0.15, 0.2) is 0 Å². The number of carbonyl (C=O) groups is 1. The second-order valence-electron chi connectivity index (χ2n) is 3.75. The van der Waals surface area contributed by atoms with Crippen molar-refractivity contribution in [3.05, 3.63) is 0 Å². The maximum absolute atomic E-state index is 11.4. The van der Waals surface area contributed by atoms with E-state index in [-0.39, 0.29) is 12.0 Å². The molecule has 1 unspecified atom stereocenters.